The molecule has 0 unspecified atom stereocenters. The molecule has 0 spiro atoms. The maximum absolute atomic E-state index is 12.2. The lowest BCUT2D eigenvalue weighted by Gasteiger charge is -2.35. The van der Waals surface area contributed by atoms with Gasteiger partial charge < -0.3 is 15.4 Å². The van der Waals surface area contributed by atoms with Gasteiger partial charge in [-0.3, -0.25) is 4.79 Å². The van der Waals surface area contributed by atoms with Crippen molar-refractivity contribution in [3.05, 3.63) is 0 Å². The van der Waals surface area contributed by atoms with Gasteiger partial charge in [0.1, 0.15) is 0 Å². The number of amides is 1. The summed E-state index contributed by atoms with van der Waals surface area (Å²) in [6.45, 7) is 4.69. The predicted molar refractivity (Wildman–Crippen MR) is 67.5 cm³/mol. The molecule has 0 aromatic rings. The summed E-state index contributed by atoms with van der Waals surface area (Å²) >= 11 is 0. The van der Waals surface area contributed by atoms with Crippen molar-refractivity contribution >= 4 is 5.91 Å². The molecule has 1 aliphatic heterocycles. The normalized spacial score (nSPS) is 18.0. The topological polar surface area (TPSA) is 50.4 Å². The van der Waals surface area contributed by atoms with E-state index in [0.717, 1.165) is 25.9 Å². The van der Waals surface area contributed by atoms with Crippen LogP contribution in [0.1, 0.15) is 26.2 Å². The summed E-state index contributed by atoms with van der Waals surface area (Å²) in [6.07, 6.45) is 2.39. The van der Waals surface area contributed by atoms with E-state index in [1.807, 2.05) is 0 Å². The number of carbonyl (C=O) groups excluding carboxylic acids is 1. The molecular weight excluding hydrogens is 216 g/mol. The minimum Gasteiger partial charge on any atom is -0.384 e. The summed E-state index contributed by atoms with van der Waals surface area (Å²) in [5, 5.41) is 6.23. The fourth-order valence-corrected chi connectivity index (χ4v) is 2.17. The Kier molecular flexibility index (Phi) is 6.03. The Balaban J connectivity index is 2.49. The lowest BCUT2D eigenvalue weighted by Crippen LogP contribution is -2.50. The molecule has 1 saturated heterocycles. The lowest BCUT2D eigenvalue weighted by molar-refractivity contribution is -0.136. The van der Waals surface area contributed by atoms with Crippen molar-refractivity contribution in [3.8, 4) is 11.8 Å². The molecule has 0 aromatic heterocycles. The molecule has 0 aliphatic carbocycles. The first-order valence-electron chi connectivity index (χ1n) is 6.13. The summed E-state index contributed by atoms with van der Waals surface area (Å²) in [5.74, 6) is 5.87. The number of carbonyl (C=O) groups is 1. The first kappa shape index (κ1) is 14.0. The van der Waals surface area contributed by atoms with E-state index in [9.17, 15) is 4.79 Å². The van der Waals surface area contributed by atoms with E-state index < -0.39 is 0 Å². The molecule has 0 atom stereocenters. The molecule has 0 aromatic carbocycles. The highest BCUT2D eigenvalue weighted by molar-refractivity contribution is 5.83. The van der Waals surface area contributed by atoms with Gasteiger partial charge in [-0.2, -0.15) is 0 Å². The van der Waals surface area contributed by atoms with Crippen molar-refractivity contribution in [1.29, 1.82) is 0 Å². The van der Waals surface area contributed by atoms with E-state index in [4.69, 9.17) is 4.74 Å². The maximum Gasteiger partial charge on any atom is 0.228 e. The highest BCUT2D eigenvalue weighted by Crippen LogP contribution is 2.29. The number of methoxy groups -OCH3 is 1. The molecule has 96 valence electrons. The molecule has 4 heteroatoms. The zero-order chi connectivity index (χ0) is 12.6. The number of hydrogen-bond donors (Lipinski definition) is 2. The number of piperidine rings is 1. The Morgan fingerprint density at radius 1 is 1.47 bits per heavy atom. The molecule has 1 fully saturated rings. The Morgan fingerprint density at radius 3 is 2.76 bits per heavy atom. The van der Waals surface area contributed by atoms with Crippen LogP contribution in [-0.2, 0) is 9.53 Å². The number of ether oxygens (including phenoxy) is 1. The Morgan fingerprint density at radius 2 is 2.18 bits per heavy atom. The number of rotatable bonds is 5. The van der Waals surface area contributed by atoms with E-state index in [0.29, 0.717) is 19.6 Å². The molecule has 1 amide bonds. The summed E-state index contributed by atoms with van der Waals surface area (Å²) in [5.41, 5.74) is -0.348. The van der Waals surface area contributed by atoms with Gasteiger partial charge in [0.2, 0.25) is 5.91 Å². The summed E-state index contributed by atoms with van der Waals surface area (Å²) in [4.78, 5) is 12.2. The van der Waals surface area contributed by atoms with Gasteiger partial charge in [0, 0.05) is 20.1 Å². The minimum atomic E-state index is -0.348. The van der Waals surface area contributed by atoms with Crippen molar-refractivity contribution in [2.45, 2.75) is 26.2 Å². The van der Waals surface area contributed by atoms with Crippen molar-refractivity contribution in [2.24, 2.45) is 5.41 Å². The van der Waals surface area contributed by atoms with Crippen LogP contribution < -0.4 is 10.6 Å². The largest absolute Gasteiger partial charge is 0.384 e. The van der Waals surface area contributed by atoms with E-state index in [1.165, 1.54) is 0 Å². The van der Waals surface area contributed by atoms with Gasteiger partial charge in [0.25, 0.3) is 0 Å². The second-order valence-electron chi connectivity index (χ2n) is 4.40. The van der Waals surface area contributed by atoms with Gasteiger partial charge in [0.15, 0.2) is 0 Å². The highest BCUT2D eigenvalue weighted by atomic mass is 16.5. The van der Waals surface area contributed by atoms with Crippen LogP contribution in [0.4, 0.5) is 0 Å². The van der Waals surface area contributed by atoms with Crippen LogP contribution in [0.3, 0.4) is 0 Å². The van der Waals surface area contributed by atoms with E-state index >= 15 is 0 Å². The Hall–Kier alpha value is -1.05. The van der Waals surface area contributed by atoms with Crippen LogP contribution >= 0.6 is 0 Å². The molecule has 1 heterocycles. The first-order valence-corrected chi connectivity index (χ1v) is 6.13. The van der Waals surface area contributed by atoms with Gasteiger partial charge in [-0.25, -0.2) is 0 Å². The van der Waals surface area contributed by atoms with Crippen LogP contribution in [-0.4, -0.2) is 39.3 Å². The zero-order valence-electron chi connectivity index (χ0n) is 10.8. The molecule has 1 rings (SSSR count). The smallest absolute Gasteiger partial charge is 0.228 e. The molecule has 2 N–H and O–H groups in total. The molecule has 17 heavy (non-hydrogen) atoms. The lowest BCUT2D eigenvalue weighted by atomic mass is 9.78. The SMILES string of the molecule is CC#CCCNC(=O)C1(COC)CCNCC1. The fraction of sp³-hybridized carbons (Fsp3) is 0.769. The van der Waals surface area contributed by atoms with Crippen molar-refractivity contribution in [3.63, 3.8) is 0 Å². The van der Waals surface area contributed by atoms with Crippen LogP contribution in [0.5, 0.6) is 0 Å². The third-order valence-electron chi connectivity index (χ3n) is 3.18. The van der Waals surface area contributed by atoms with Crippen LogP contribution in [0.15, 0.2) is 0 Å². The zero-order valence-corrected chi connectivity index (χ0v) is 10.8. The average molecular weight is 238 g/mol. The molecule has 0 saturated carbocycles. The molecule has 1 aliphatic rings. The van der Waals surface area contributed by atoms with Crippen molar-refractivity contribution in [1.82, 2.24) is 10.6 Å². The third-order valence-corrected chi connectivity index (χ3v) is 3.18. The predicted octanol–water partition coefficient (Wildman–Crippen LogP) is 0.532. The molecular formula is C13H22N2O2. The Bertz CT molecular complexity index is 293. The standard InChI is InChI=1S/C13H22N2O2/c1-3-4-5-8-15-12(16)13(11-17-2)6-9-14-10-7-13/h14H,5-11H2,1-2H3,(H,15,16). The van der Waals surface area contributed by atoms with Crippen LogP contribution in [0, 0.1) is 17.3 Å². The maximum atomic E-state index is 12.2. The molecule has 4 nitrogen and oxygen atoms in total. The second-order valence-corrected chi connectivity index (χ2v) is 4.40. The monoisotopic (exact) mass is 238 g/mol. The van der Waals surface area contributed by atoms with Gasteiger partial charge in [0.05, 0.1) is 12.0 Å². The van der Waals surface area contributed by atoms with E-state index in [1.54, 1.807) is 14.0 Å². The quantitative estimate of drug-likeness (QED) is 0.543. The summed E-state index contributed by atoms with van der Waals surface area (Å²) < 4.78 is 5.22. The van der Waals surface area contributed by atoms with Gasteiger partial charge in [-0.1, -0.05) is 0 Å². The summed E-state index contributed by atoms with van der Waals surface area (Å²) in [6, 6.07) is 0. The minimum absolute atomic E-state index is 0.110. The van der Waals surface area contributed by atoms with Crippen molar-refractivity contribution in [2.75, 3.05) is 33.4 Å². The van der Waals surface area contributed by atoms with Crippen molar-refractivity contribution < 1.29 is 9.53 Å². The van der Waals surface area contributed by atoms with Gasteiger partial charge in [-0.05, 0) is 32.9 Å². The highest BCUT2D eigenvalue weighted by Gasteiger charge is 2.39. The second kappa shape index (κ2) is 7.31. The van der Waals surface area contributed by atoms with Gasteiger partial charge in [-0.15, -0.1) is 11.8 Å². The van der Waals surface area contributed by atoms with E-state index in [-0.39, 0.29) is 11.3 Å². The van der Waals surface area contributed by atoms with Crippen LogP contribution in [0.25, 0.3) is 0 Å². The number of hydrogen-bond acceptors (Lipinski definition) is 3. The number of nitrogens with one attached hydrogen (secondary N) is 2. The first-order chi connectivity index (χ1) is 8.25. The van der Waals surface area contributed by atoms with Crippen LogP contribution in [0.2, 0.25) is 0 Å². The third kappa shape index (κ3) is 4.03. The molecule has 0 bridgehead atoms. The summed E-state index contributed by atoms with van der Waals surface area (Å²) in [7, 11) is 1.65. The average Bonchev–Trinajstić information content (AvgIpc) is 2.36. The molecule has 0 radical (unpaired) electrons. The van der Waals surface area contributed by atoms with E-state index in [2.05, 4.69) is 22.5 Å². The van der Waals surface area contributed by atoms with Gasteiger partial charge >= 0.3 is 0 Å². The fourth-order valence-electron chi connectivity index (χ4n) is 2.17. The Labute approximate surface area is 103 Å².